The van der Waals surface area contributed by atoms with E-state index < -0.39 is 0 Å². The maximum absolute atomic E-state index is 12.5. The summed E-state index contributed by atoms with van der Waals surface area (Å²) < 4.78 is 3.83. The second kappa shape index (κ2) is 8.37. The molecule has 0 aliphatic carbocycles. The molecule has 0 bridgehead atoms. The van der Waals surface area contributed by atoms with E-state index in [0.717, 1.165) is 36.7 Å². The van der Waals surface area contributed by atoms with Crippen molar-refractivity contribution in [2.45, 2.75) is 12.6 Å². The van der Waals surface area contributed by atoms with Crippen molar-refractivity contribution >= 4 is 5.91 Å². The van der Waals surface area contributed by atoms with Crippen LogP contribution in [0.5, 0.6) is 0 Å². The van der Waals surface area contributed by atoms with Gasteiger partial charge in [0.05, 0.1) is 24.5 Å². The number of piperazine rings is 1. The molecule has 2 aromatic heterocycles. The molecule has 4 rings (SSSR count). The van der Waals surface area contributed by atoms with Gasteiger partial charge in [-0.3, -0.25) is 9.69 Å². The van der Waals surface area contributed by atoms with Crippen LogP contribution in [0.4, 0.5) is 0 Å². The summed E-state index contributed by atoms with van der Waals surface area (Å²) in [5, 5.41) is 10.8. The minimum absolute atomic E-state index is 0.00794. The zero-order valence-electron chi connectivity index (χ0n) is 16.0. The van der Waals surface area contributed by atoms with Crippen LogP contribution in [0, 0.1) is 0 Å². The van der Waals surface area contributed by atoms with Gasteiger partial charge in [0.15, 0.2) is 0 Å². The molecule has 1 aromatic carbocycles. The summed E-state index contributed by atoms with van der Waals surface area (Å²) in [5.74, 6) is 0.984. The zero-order chi connectivity index (χ0) is 19.3. The molecule has 1 saturated heterocycles. The number of aromatic nitrogens is 4. The number of hydrogen-bond donors (Lipinski definition) is 2. The van der Waals surface area contributed by atoms with Crippen molar-refractivity contribution in [3.63, 3.8) is 0 Å². The fraction of sp³-hybridized carbons (Fsp3) is 0.350. The Morgan fingerprint density at radius 1 is 1.32 bits per heavy atom. The van der Waals surface area contributed by atoms with Gasteiger partial charge in [0.2, 0.25) is 5.91 Å². The van der Waals surface area contributed by atoms with Crippen molar-refractivity contribution in [2.75, 3.05) is 26.2 Å². The lowest BCUT2D eigenvalue weighted by Crippen LogP contribution is -2.50. The van der Waals surface area contributed by atoms with Crippen LogP contribution in [0.1, 0.15) is 17.4 Å². The number of imidazole rings is 1. The number of carbonyl (C=O) groups is 1. The van der Waals surface area contributed by atoms with Crippen molar-refractivity contribution in [1.29, 1.82) is 0 Å². The standard InChI is InChI=1S/C20H25N7O/c1-25-9-8-22-20(25)18-13-21-7-10-26(18)15-19(28)23-11-16-12-24-27(14-16)17-5-3-2-4-6-17/h2-6,8-9,12,14,18,21H,7,10-11,13,15H2,1H3,(H,23,28). The first-order valence-electron chi connectivity index (χ1n) is 9.48. The Bertz CT molecular complexity index is 918. The number of nitrogens with zero attached hydrogens (tertiary/aromatic N) is 5. The molecule has 8 nitrogen and oxygen atoms in total. The van der Waals surface area contributed by atoms with E-state index in [1.807, 2.05) is 59.0 Å². The van der Waals surface area contributed by atoms with E-state index in [2.05, 4.69) is 25.6 Å². The maximum Gasteiger partial charge on any atom is 0.234 e. The third-order valence-corrected chi connectivity index (χ3v) is 5.00. The number of nitrogens with one attached hydrogen (secondary N) is 2. The lowest BCUT2D eigenvalue weighted by atomic mass is 10.1. The predicted molar refractivity (Wildman–Crippen MR) is 106 cm³/mol. The first kappa shape index (κ1) is 18.4. The average Bonchev–Trinajstić information content (AvgIpc) is 3.37. The van der Waals surface area contributed by atoms with Crippen LogP contribution in [-0.2, 0) is 18.4 Å². The van der Waals surface area contributed by atoms with Crippen LogP contribution in [-0.4, -0.2) is 56.3 Å². The van der Waals surface area contributed by atoms with E-state index in [0.29, 0.717) is 13.1 Å². The van der Waals surface area contributed by atoms with Gasteiger partial charge in [-0.15, -0.1) is 0 Å². The number of hydrogen-bond acceptors (Lipinski definition) is 5. The van der Waals surface area contributed by atoms with Crippen LogP contribution < -0.4 is 10.6 Å². The fourth-order valence-electron chi connectivity index (χ4n) is 3.50. The Morgan fingerprint density at radius 2 is 2.18 bits per heavy atom. The molecule has 8 heteroatoms. The summed E-state index contributed by atoms with van der Waals surface area (Å²) in [5.41, 5.74) is 1.97. The number of amides is 1. The molecule has 1 aliphatic rings. The minimum atomic E-state index is 0.00794. The summed E-state index contributed by atoms with van der Waals surface area (Å²) in [6, 6.07) is 10.0. The molecule has 2 N–H and O–H groups in total. The van der Waals surface area contributed by atoms with Crippen LogP contribution in [0.3, 0.4) is 0 Å². The summed E-state index contributed by atoms with van der Waals surface area (Å²) >= 11 is 0. The van der Waals surface area contributed by atoms with Gasteiger partial charge in [-0.1, -0.05) is 18.2 Å². The second-order valence-electron chi connectivity index (χ2n) is 6.99. The number of carbonyl (C=O) groups excluding carboxylic acids is 1. The second-order valence-corrected chi connectivity index (χ2v) is 6.99. The summed E-state index contributed by atoms with van der Waals surface area (Å²) in [6.45, 7) is 3.30. The topological polar surface area (TPSA) is 80.0 Å². The molecule has 1 aliphatic heterocycles. The van der Waals surface area contributed by atoms with Gasteiger partial charge >= 0.3 is 0 Å². The lowest BCUT2D eigenvalue weighted by molar-refractivity contribution is -0.123. The van der Waals surface area contributed by atoms with Gasteiger partial charge in [-0.25, -0.2) is 9.67 Å². The smallest absolute Gasteiger partial charge is 0.234 e. The Balaban J connectivity index is 1.34. The Hall–Kier alpha value is -2.97. The zero-order valence-corrected chi connectivity index (χ0v) is 16.0. The van der Waals surface area contributed by atoms with Crippen molar-refractivity contribution in [3.05, 3.63) is 66.5 Å². The highest BCUT2D eigenvalue weighted by Gasteiger charge is 2.28. The molecule has 3 heterocycles. The molecule has 0 saturated carbocycles. The molecule has 1 unspecified atom stereocenters. The Morgan fingerprint density at radius 3 is 2.96 bits per heavy atom. The summed E-state index contributed by atoms with van der Waals surface area (Å²) in [6.07, 6.45) is 7.46. The van der Waals surface area contributed by atoms with Gasteiger partial charge < -0.3 is 15.2 Å². The third kappa shape index (κ3) is 4.13. The first-order valence-corrected chi connectivity index (χ1v) is 9.48. The Labute approximate surface area is 164 Å². The molecular weight excluding hydrogens is 354 g/mol. The maximum atomic E-state index is 12.5. The summed E-state index contributed by atoms with van der Waals surface area (Å²) in [7, 11) is 1.99. The lowest BCUT2D eigenvalue weighted by Gasteiger charge is -2.35. The SMILES string of the molecule is Cn1ccnc1C1CNCCN1CC(=O)NCc1cnn(-c2ccccc2)c1. The largest absolute Gasteiger partial charge is 0.351 e. The van der Waals surface area contributed by atoms with Gasteiger partial charge in [0, 0.05) is 57.4 Å². The average molecular weight is 379 g/mol. The van der Waals surface area contributed by atoms with Crippen LogP contribution in [0.25, 0.3) is 5.69 Å². The van der Waals surface area contributed by atoms with Gasteiger partial charge in [0.1, 0.15) is 5.82 Å². The minimum Gasteiger partial charge on any atom is -0.351 e. The molecule has 3 aromatic rings. The van der Waals surface area contributed by atoms with Gasteiger partial charge in [-0.05, 0) is 12.1 Å². The highest BCUT2D eigenvalue weighted by molar-refractivity contribution is 5.78. The van der Waals surface area contributed by atoms with Crippen molar-refractivity contribution in [2.24, 2.45) is 7.05 Å². The normalized spacial score (nSPS) is 17.5. The van der Waals surface area contributed by atoms with Crippen molar-refractivity contribution < 1.29 is 4.79 Å². The van der Waals surface area contributed by atoms with Crippen LogP contribution in [0.15, 0.2) is 55.1 Å². The monoisotopic (exact) mass is 379 g/mol. The van der Waals surface area contributed by atoms with Crippen LogP contribution in [0.2, 0.25) is 0 Å². The summed E-state index contributed by atoms with van der Waals surface area (Å²) in [4.78, 5) is 19.2. The molecule has 0 radical (unpaired) electrons. The van der Waals surface area contributed by atoms with Crippen LogP contribution >= 0.6 is 0 Å². The van der Waals surface area contributed by atoms with E-state index in [9.17, 15) is 4.79 Å². The van der Waals surface area contributed by atoms with E-state index in [4.69, 9.17) is 0 Å². The first-order chi connectivity index (χ1) is 13.7. The number of rotatable bonds is 6. The fourth-order valence-corrected chi connectivity index (χ4v) is 3.50. The molecule has 28 heavy (non-hydrogen) atoms. The van der Waals surface area contributed by atoms with Gasteiger partial charge in [0.25, 0.3) is 0 Å². The molecular formula is C20H25N7O. The van der Waals surface area contributed by atoms with Crippen molar-refractivity contribution in [1.82, 2.24) is 34.9 Å². The number of benzene rings is 1. The van der Waals surface area contributed by atoms with E-state index >= 15 is 0 Å². The van der Waals surface area contributed by atoms with E-state index in [1.165, 1.54) is 0 Å². The molecule has 1 atom stereocenters. The molecule has 146 valence electrons. The Kier molecular flexibility index (Phi) is 5.50. The quantitative estimate of drug-likeness (QED) is 0.664. The molecule has 1 fully saturated rings. The number of aryl methyl sites for hydroxylation is 1. The van der Waals surface area contributed by atoms with Gasteiger partial charge in [-0.2, -0.15) is 5.10 Å². The van der Waals surface area contributed by atoms with E-state index in [1.54, 1.807) is 12.4 Å². The highest BCUT2D eigenvalue weighted by Crippen LogP contribution is 2.19. The third-order valence-electron chi connectivity index (χ3n) is 5.00. The number of para-hydroxylation sites is 1. The van der Waals surface area contributed by atoms with Crippen molar-refractivity contribution in [3.8, 4) is 5.69 Å². The predicted octanol–water partition coefficient (Wildman–Crippen LogP) is 0.869. The molecule has 1 amide bonds. The molecule has 0 spiro atoms. The highest BCUT2D eigenvalue weighted by atomic mass is 16.2. The van der Waals surface area contributed by atoms with E-state index in [-0.39, 0.29) is 11.9 Å².